The molecule has 0 spiro atoms. The molecule has 0 bridgehead atoms. The summed E-state index contributed by atoms with van der Waals surface area (Å²) in [6, 6.07) is 33.2. The van der Waals surface area contributed by atoms with Crippen LogP contribution in [0, 0.1) is 5.92 Å². The summed E-state index contributed by atoms with van der Waals surface area (Å²) in [5, 5.41) is 6.50. The van der Waals surface area contributed by atoms with Crippen LogP contribution in [0.4, 0.5) is 17.1 Å². The van der Waals surface area contributed by atoms with Crippen molar-refractivity contribution in [3.63, 3.8) is 0 Å². The van der Waals surface area contributed by atoms with Crippen molar-refractivity contribution >= 4 is 33.9 Å². The second-order valence-corrected chi connectivity index (χ2v) is 9.48. The summed E-state index contributed by atoms with van der Waals surface area (Å²) in [4.78, 5) is 2.37. The van der Waals surface area contributed by atoms with Crippen LogP contribution in [0.2, 0.25) is 0 Å². The fraction of sp³-hybridized carbons (Fsp3) is 0.226. The van der Waals surface area contributed by atoms with Gasteiger partial charge in [-0.05, 0) is 65.9 Å². The average molecular weight is 433 g/mol. The molecule has 5 rings (SSSR count). The van der Waals surface area contributed by atoms with Gasteiger partial charge in [0.15, 0.2) is 0 Å². The minimum absolute atomic E-state index is 0.229. The van der Waals surface area contributed by atoms with Gasteiger partial charge in [-0.15, -0.1) is 0 Å². The van der Waals surface area contributed by atoms with E-state index in [-0.39, 0.29) is 6.04 Å². The normalized spacial score (nSPS) is 15.7. The van der Waals surface area contributed by atoms with Crippen molar-refractivity contribution in [1.82, 2.24) is 5.32 Å². The Kier molecular flexibility index (Phi) is 6.02. The van der Waals surface area contributed by atoms with Gasteiger partial charge < -0.3 is 10.2 Å². The predicted molar refractivity (Wildman–Crippen MR) is 142 cm³/mol. The van der Waals surface area contributed by atoms with E-state index >= 15 is 0 Å². The number of nitrogens with zero attached hydrogens (tertiary/aromatic N) is 1. The lowest BCUT2D eigenvalue weighted by Crippen LogP contribution is -2.31. The minimum atomic E-state index is 0.229. The highest BCUT2D eigenvalue weighted by Crippen LogP contribution is 2.43. The van der Waals surface area contributed by atoms with Gasteiger partial charge in [0.25, 0.3) is 0 Å². The minimum Gasteiger partial charge on any atom is -0.310 e. The second-order valence-electron chi connectivity index (χ2n) is 9.48. The molecule has 0 aliphatic heterocycles. The molecule has 33 heavy (non-hydrogen) atoms. The third kappa shape index (κ3) is 4.31. The van der Waals surface area contributed by atoms with E-state index in [0.29, 0.717) is 12.0 Å². The van der Waals surface area contributed by atoms with E-state index in [4.69, 9.17) is 0 Å². The van der Waals surface area contributed by atoms with E-state index < -0.39 is 0 Å². The van der Waals surface area contributed by atoms with Crippen LogP contribution in [0.5, 0.6) is 0 Å². The monoisotopic (exact) mass is 432 g/mol. The molecule has 166 valence electrons. The molecule has 4 aromatic carbocycles. The third-order valence-electron chi connectivity index (χ3n) is 6.44. The number of benzene rings is 4. The largest absolute Gasteiger partial charge is 0.310 e. The Morgan fingerprint density at radius 2 is 1.42 bits per heavy atom. The number of para-hydroxylation sites is 2. The van der Waals surface area contributed by atoms with Crippen molar-refractivity contribution in [2.45, 2.75) is 39.3 Å². The molecule has 0 amide bonds. The van der Waals surface area contributed by atoms with Crippen molar-refractivity contribution in [2.24, 2.45) is 5.92 Å². The average Bonchev–Trinajstić information content (AvgIpc) is 2.83. The Morgan fingerprint density at radius 1 is 0.758 bits per heavy atom. The quantitative estimate of drug-likeness (QED) is 0.315. The van der Waals surface area contributed by atoms with Crippen molar-refractivity contribution < 1.29 is 0 Å². The number of nitrogens with one attached hydrogen (secondary N) is 1. The highest BCUT2D eigenvalue weighted by atomic mass is 15.1. The van der Waals surface area contributed by atoms with Crippen LogP contribution in [0.15, 0.2) is 97.1 Å². The zero-order chi connectivity index (χ0) is 22.8. The fourth-order valence-electron chi connectivity index (χ4n) is 5.15. The number of hydrogen-bond acceptors (Lipinski definition) is 2. The van der Waals surface area contributed by atoms with Gasteiger partial charge in [0.05, 0.1) is 11.7 Å². The third-order valence-corrected chi connectivity index (χ3v) is 6.44. The number of hydrogen-bond donors (Lipinski definition) is 1. The summed E-state index contributed by atoms with van der Waals surface area (Å²) < 4.78 is 0. The van der Waals surface area contributed by atoms with Gasteiger partial charge in [0.2, 0.25) is 0 Å². The van der Waals surface area contributed by atoms with Crippen molar-refractivity contribution in [2.75, 3.05) is 4.90 Å². The molecule has 0 saturated carbocycles. The summed E-state index contributed by atoms with van der Waals surface area (Å²) in [6.45, 7) is 6.88. The standard InChI is InChI=1S/C31H32N2/c1-22(2)21-23(3)32-29-19-18-28-30(20-17-24-11-10-16-27(29)31(24)28)33(25-12-6-4-7-13-25)26-14-8-5-9-15-26/h4-20,22-23,29,32H,21H2,1-3H3. The zero-order valence-corrected chi connectivity index (χ0v) is 19.7. The summed E-state index contributed by atoms with van der Waals surface area (Å²) in [7, 11) is 0. The van der Waals surface area contributed by atoms with Crippen LogP contribution in [-0.4, -0.2) is 6.04 Å². The van der Waals surface area contributed by atoms with Gasteiger partial charge in [-0.25, -0.2) is 0 Å². The summed E-state index contributed by atoms with van der Waals surface area (Å²) >= 11 is 0. The Bertz CT molecular complexity index is 1220. The summed E-state index contributed by atoms with van der Waals surface area (Å²) in [5.74, 6) is 0.681. The molecule has 1 N–H and O–H groups in total. The maximum Gasteiger partial charge on any atom is 0.0540 e. The lowest BCUT2D eigenvalue weighted by atomic mass is 9.88. The van der Waals surface area contributed by atoms with Crippen molar-refractivity contribution in [3.05, 3.63) is 108 Å². The van der Waals surface area contributed by atoms with E-state index in [1.165, 1.54) is 34.0 Å². The van der Waals surface area contributed by atoms with Gasteiger partial charge in [-0.1, -0.05) is 86.7 Å². The molecule has 0 heterocycles. The SMILES string of the molecule is CC(C)CC(C)NC1C=Cc2c(N(c3ccccc3)c3ccccc3)ccc3cccc1c23. The Balaban J connectivity index is 1.65. The molecule has 2 unspecified atom stereocenters. The van der Waals surface area contributed by atoms with Gasteiger partial charge in [0, 0.05) is 23.0 Å². The number of anilines is 3. The first kappa shape index (κ1) is 21.5. The molecule has 1 aliphatic carbocycles. The van der Waals surface area contributed by atoms with Gasteiger partial charge >= 0.3 is 0 Å². The maximum absolute atomic E-state index is 3.86. The highest BCUT2D eigenvalue weighted by molar-refractivity contribution is 6.02. The molecular weight excluding hydrogens is 400 g/mol. The van der Waals surface area contributed by atoms with Crippen LogP contribution in [0.3, 0.4) is 0 Å². The molecular formula is C31H32N2. The first-order chi connectivity index (χ1) is 16.1. The summed E-state index contributed by atoms with van der Waals surface area (Å²) in [5.41, 5.74) is 6.18. The number of rotatable bonds is 7. The summed E-state index contributed by atoms with van der Waals surface area (Å²) in [6.07, 6.45) is 5.83. The fourth-order valence-corrected chi connectivity index (χ4v) is 5.15. The van der Waals surface area contributed by atoms with E-state index in [2.05, 4.69) is 134 Å². The van der Waals surface area contributed by atoms with Gasteiger partial charge in [0.1, 0.15) is 0 Å². The highest BCUT2D eigenvalue weighted by Gasteiger charge is 2.24. The zero-order valence-electron chi connectivity index (χ0n) is 19.7. The molecule has 4 aromatic rings. The van der Waals surface area contributed by atoms with Crippen LogP contribution < -0.4 is 10.2 Å². The Morgan fingerprint density at radius 3 is 2.06 bits per heavy atom. The molecule has 2 nitrogen and oxygen atoms in total. The maximum atomic E-state index is 3.86. The first-order valence-electron chi connectivity index (χ1n) is 12.0. The van der Waals surface area contributed by atoms with E-state index in [0.717, 1.165) is 11.4 Å². The molecule has 1 aliphatic rings. The van der Waals surface area contributed by atoms with Crippen LogP contribution >= 0.6 is 0 Å². The molecule has 0 fully saturated rings. The van der Waals surface area contributed by atoms with E-state index in [9.17, 15) is 0 Å². The van der Waals surface area contributed by atoms with Gasteiger partial charge in [-0.2, -0.15) is 0 Å². The van der Waals surface area contributed by atoms with Crippen LogP contribution in [-0.2, 0) is 0 Å². The first-order valence-corrected chi connectivity index (χ1v) is 12.0. The molecule has 0 radical (unpaired) electrons. The molecule has 2 heteroatoms. The lowest BCUT2D eigenvalue weighted by Gasteiger charge is -2.31. The van der Waals surface area contributed by atoms with E-state index in [1.54, 1.807) is 0 Å². The second kappa shape index (κ2) is 9.25. The molecule has 0 saturated heterocycles. The Labute approximate surface area is 197 Å². The molecule has 2 atom stereocenters. The van der Waals surface area contributed by atoms with Crippen molar-refractivity contribution in [3.8, 4) is 0 Å². The van der Waals surface area contributed by atoms with Crippen LogP contribution in [0.25, 0.3) is 16.8 Å². The van der Waals surface area contributed by atoms with Crippen molar-refractivity contribution in [1.29, 1.82) is 0 Å². The smallest absolute Gasteiger partial charge is 0.0540 e. The predicted octanol–water partition coefficient (Wildman–Crippen LogP) is 8.40. The molecule has 0 aromatic heterocycles. The van der Waals surface area contributed by atoms with Gasteiger partial charge in [-0.3, -0.25) is 0 Å². The van der Waals surface area contributed by atoms with Crippen LogP contribution in [0.1, 0.15) is 44.4 Å². The topological polar surface area (TPSA) is 15.3 Å². The van der Waals surface area contributed by atoms with E-state index in [1.807, 2.05) is 0 Å². The lowest BCUT2D eigenvalue weighted by molar-refractivity contribution is 0.422. The Hall–Kier alpha value is -3.36.